The van der Waals surface area contributed by atoms with Gasteiger partial charge in [0.15, 0.2) is 0 Å². The predicted molar refractivity (Wildman–Crippen MR) is 61.4 cm³/mol. The minimum Gasteiger partial charge on any atom is -0.492 e. The van der Waals surface area contributed by atoms with Crippen LogP contribution >= 0.6 is 11.6 Å². The molecule has 82 valence electrons. The first-order valence-corrected chi connectivity index (χ1v) is 5.22. The summed E-state index contributed by atoms with van der Waals surface area (Å²) in [6.07, 6.45) is 6.42. The smallest absolute Gasteiger partial charge is 0.140 e. The number of pyridine rings is 1. The fourth-order valence-corrected chi connectivity index (χ4v) is 1.52. The first kappa shape index (κ1) is 10.8. The van der Waals surface area contributed by atoms with Gasteiger partial charge in [-0.15, -0.1) is 0 Å². The zero-order valence-corrected chi connectivity index (χ0v) is 9.48. The molecule has 0 fully saturated rings. The van der Waals surface area contributed by atoms with E-state index in [1.165, 1.54) is 6.33 Å². The van der Waals surface area contributed by atoms with E-state index in [9.17, 15) is 0 Å². The molecule has 0 N–H and O–H groups in total. The van der Waals surface area contributed by atoms with Gasteiger partial charge in [0.1, 0.15) is 17.2 Å². The third kappa shape index (κ3) is 2.28. The van der Waals surface area contributed by atoms with Crippen molar-refractivity contribution in [3.63, 3.8) is 0 Å². The molecule has 5 heteroatoms. The normalized spacial score (nSPS) is 10.1. The van der Waals surface area contributed by atoms with Gasteiger partial charge in [-0.3, -0.25) is 4.98 Å². The Morgan fingerprint density at radius 1 is 1.25 bits per heavy atom. The van der Waals surface area contributed by atoms with Crippen molar-refractivity contribution in [3.8, 4) is 16.9 Å². The summed E-state index contributed by atoms with van der Waals surface area (Å²) in [6, 6.07) is 1.86. The lowest BCUT2D eigenvalue weighted by molar-refractivity contribution is 0.339. The highest BCUT2D eigenvalue weighted by molar-refractivity contribution is 6.32. The van der Waals surface area contributed by atoms with Crippen molar-refractivity contribution in [2.45, 2.75) is 6.92 Å². The number of hydrogen-bond donors (Lipinski definition) is 0. The Hall–Kier alpha value is -1.68. The standard InChI is InChI=1S/C11H10ClN3O/c1-2-16-9-3-8(4-13-5-9)10-6-14-7-15-11(10)12/h3-7H,2H2,1H3. The van der Waals surface area contributed by atoms with E-state index in [2.05, 4.69) is 15.0 Å². The number of rotatable bonds is 3. The van der Waals surface area contributed by atoms with Crippen LogP contribution in [0.1, 0.15) is 6.92 Å². The van der Waals surface area contributed by atoms with Crippen molar-refractivity contribution in [1.82, 2.24) is 15.0 Å². The maximum Gasteiger partial charge on any atom is 0.140 e. The van der Waals surface area contributed by atoms with E-state index in [1.807, 2.05) is 13.0 Å². The van der Waals surface area contributed by atoms with Gasteiger partial charge in [-0.25, -0.2) is 9.97 Å². The molecule has 16 heavy (non-hydrogen) atoms. The Morgan fingerprint density at radius 3 is 2.88 bits per heavy atom. The summed E-state index contributed by atoms with van der Waals surface area (Å²) >= 11 is 5.97. The van der Waals surface area contributed by atoms with Crippen molar-refractivity contribution < 1.29 is 4.74 Å². The Balaban J connectivity index is 2.40. The van der Waals surface area contributed by atoms with Crippen LogP contribution in [-0.2, 0) is 0 Å². The lowest BCUT2D eigenvalue weighted by Crippen LogP contribution is -1.93. The average Bonchev–Trinajstić information content (AvgIpc) is 2.30. The Labute approximate surface area is 98.3 Å². The molecule has 2 rings (SSSR count). The molecule has 0 unspecified atom stereocenters. The molecule has 0 aliphatic heterocycles. The Bertz CT molecular complexity index is 490. The van der Waals surface area contributed by atoms with E-state index in [-0.39, 0.29) is 0 Å². The SMILES string of the molecule is CCOc1cncc(-c2cncnc2Cl)c1. The molecule has 2 aromatic rings. The summed E-state index contributed by atoms with van der Waals surface area (Å²) in [5.74, 6) is 0.708. The molecule has 0 amide bonds. The number of nitrogens with zero attached hydrogens (tertiary/aromatic N) is 3. The van der Waals surface area contributed by atoms with E-state index >= 15 is 0 Å². The van der Waals surface area contributed by atoms with Crippen LogP contribution in [0.5, 0.6) is 5.75 Å². The van der Waals surface area contributed by atoms with Crippen molar-refractivity contribution in [3.05, 3.63) is 36.1 Å². The monoisotopic (exact) mass is 235 g/mol. The maximum absolute atomic E-state index is 5.97. The van der Waals surface area contributed by atoms with Gasteiger partial charge in [0.05, 0.1) is 12.8 Å². The van der Waals surface area contributed by atoms with Crippen molar-refractivity contribution >= 4 is 11.6 Å². The summed E-state index contributed by atoms with van der Waals surface area (Å²) in [6.45, 7) is 2.52. The summed E-state index contributed by atoms with van der Waals surface area (Å²) in [5, 5.41) is 0.408. The number of halogens is 1. The first-order chi connectivity index (χ1) is 7.81. The van der Waals surface area contributed by atoms with Gasteiger partial charge >= 0.3 is 0 Å². The van der Waals surface area contributed by atoms with Crippen LogP contribution in [-0.4, -0.2) is 21.6 Å². The van der Waals surface area contributed by atoms with Crippen LogP contribution in [0, 0.1) is 0 Å². The van der Waals surface area contributed by atoms with E-state index in [0.29, 0.717) is 17.5 Å². The largest absolute Gasteiger partial charge is 0.492 e. The summed E-state index contributed by atoms with van der Waals surface area (Å²) < 4.78 is 5.36. The minimum atomic E-state index is 0.408. The van der Waals surface area contributed by atoms with Crippen molar-refractivity contribution in [2.24, 2.45) is 0 Å². The van der Waals surface area contributed by atoms with Crippen molar-refractivity contribution in [2.75, 3.05) is 6.61 Å². The van der Waals surface area contributed by atoms with Gasteiger partial charge in [0.2, 0.25) is 0 Å². The molecule has 4 nitrogen and oxygen atoms in total. The lowest BCUT2D eigenvalue weighted by atomic mass is 10.1. The highest BCUT2D eigenvalue weighted by atomic mass is 35.5. The Morgan fingerprint density at radius 2 is 2.12 bits per heavy atom. The first-order valence-electron chi connectivity index (χ1n) is 4.85. The number of ether oxygens (including phenoxy) is 1. The van der Waals surface area contributed by atoms with E-state index < -0.39 is 0 Å². The van der Waals surface area contributed by atoms with Crippen LogP contribution < -0.4 is 4.74 Å². The molecule has 0 aliphatic rings. The second-order valence-electron chi connectivity index (χ2n) is 3.07. The maximum atomic E-state index is 5.97. The van der Waals surface area contributed by atoms with E-state index in [0.717, 1.165) is 11.1 Å². The zero-order valence-electron chi connectivity index (χ0n) is 8.72. The van der Waals surface area contributed by atoms with Crippen LogP contribution in [0.15, 0.2) is 31.0 Å². The Kier molecular flexibility index (Phi) is 3.31. The van der Waals surface area contributed by atoms with Crippen LogP contribution in [0.25, 0.3) is 11.1 Å². The predicted octanol–water partition coefficient (Wildman–Crippen LogP) is 2.59. The molecule has 0 aromatic carbocycles. The van der Waals surface area contributed by atoms with Gasteiger partial charge in [-0.05, 0) is 13.0 Å². The van der Waals surface area contributed by atoms with Gasteiger partial charge in [-0.2, -0.15) is 0 Å². The molecule has 0 spiro atoms. The fourth-order valence-electron chi connectivity index (χ4n) is 1.32. The minimum absolute atomic E-state index is 0.408. The molecule has 0 saturated heterocycles. The molecule has 2 aromatic heterocycles. The molecular formula is C11H10ClN3O. The number of hydrogen-bond acceptors (Lipinski definition) is 4. The zero-order chi connectivity index (χ0) is 11.4. The molecule has 0 saturated carbocycles. The second kappa shape index (κ2) is 4.90. The highest BCUT2D eigenvalue weighted by Gasteiger charge is 2.06. The third-order valence-electron chi connectivity index (χ3n) is 2.00. The molecule has 0 radical (unpaired) electrons. The van der Waals surface area contributed by atoms with E-state index in [4.69, 9.17) is 16.3 Å². The van der Waals surface area contributed by atoms with Crippen LogP contribution in [0.2, 0.25) is 5.15 Å². The number of aromatic nitrogens is 3. The molecule has 0 aliphatic carbocycles. The summed E-state index contributed by atoms with van der Waals surface area (Å²) in [5.41, 5.74) is 1.59. The lowest BCUT2D eigenvalue weighted by Gasteiger charge is -2.05. The van der Waals surface area contributed by atoms with Gasteiger partial charge < -0.3 is 4.74 Å². The fraction of sp³-hybridized carbons (Fsp3) is 0.182. The summed E-state index contributed by atoms with van der Waals surface area (Å²) in [7, 11) is 0. The molecule has 0 bridgehead atoms. The van der Waals surface area contributed by atoms with Crippen molar-refractivity contribution in [1.29, 1.82) is 0 Å². The average molecular weight is 236 g/mol. The molecule has 0 atom stereocenters. The second-order valence-corrected chi connectivity index (χ2v) is 3.43. The molecular weight excluding hydrogens is 226 g/mol. The molecule has 2 heterocycles. The van der Waals surface area contributed by atoms with Gasteiger partial charge in [-0.1, -0.05) is 11.6 Å². The quantitative estimate of drug-likeness (QED) is 0.768. The van der Waals surface area contributed by atoms with Crippen LogP contribution in [0.3, 0.4) is 0 Å². The topological polar surface area (TPSA) is 47.9 Å². The summed E-state index contributed by atoms with van der Waals surface area (Å²) in [4.78, 5) is 11.9. The van der Waals surface area contributed by atoms with Crippen LogP contribution in [0.4, 0.5) is 0 Å². The van der Waals surface area contributed by atoms with Gasteiger partial charge in [0.25, 0.3) is 0 Å². The van der Waals surface area contributed by atoms with E-state index in [1.54, 1.807) is 18.6 Å². The van der Waals surface area contributed by atoms with Gasteiger partial charge in [0, 0.05) is 23.5 Å². The highest BCUT2D eigenvalue weighted by Crippen LogP contribution is 2.26. The third-order valence-corrected chi connectivity index (χ3v) is 2.30.